The molecular formula is C29H32ClN7O2S. The van der Waals surface area contributed by atoms with Crippen LogP contribution in [0.1, 0.15) is 41.3 Å². The molecule has 3 heterocycles. The van der Waals surface area contributed by atoms with Crippen molar-refractivity contribution in [2.75, 3.05) is 44.9 Å². The van der Waals surface area contributed by atoms with Crippen LogP contribution in [0, 0.1) is 24.2 Å². The molecular weight excluding hydrogens is 546 g/mol. The van der Waals surface area contributed by atoms with Crippen LogP contribution in [0.4, 0.5) is 11.6 Å². The number of piperidine rings is 1. The zero-order valence-corrected chi connectivity index (χ0v) is 24.6. The van der Waals surface area contributed by atoms with Crippen molar-refractivity contribution >= 4 is 40.9 Å². The van der Waals surface area contributed by atoms with Gasteiger partial charge >= 0.3 is 0 Å². The van der Waals surface area contributed by atoms with Gasteiger partial charge in [-0.15, -0.1) is 0 Å². The van der Waals surface area contributed by atoms with Crippen LogP contribution >= 0.6 is 23.4 Å². The quantitative estimate of drug-likeness (QED) is 0.445. The van der Waals surface area contributed by atoms with Crippen LogP contribution in [0.15, 0.2) is 40.4 Å². The van der Waals surface area contributed by atoms with Gasteiger partial charge < -0.3 is 26.0 Å². The zero-order valence-electron chi connectivity index (χ0n) is 23.0. The molecule has 1 fully saturated rings. The molecule has 11 heteroatoms. The van der Waals surface area contributed by atoms with E-state index in [0.717, 1.165) is 59.9 Å². The van der Waals surface area contributed by atoms with E-state index in [9.17, 15) is 4.79 Å². The summed E-state index contributed by atoms with van der Waals surface area (Å²) in [7, 11) is 4.91. The number of hydrogen-bond donors (Lipinski definition) is 2. The fraction of sp³-hybridized carbons (Fsp3) is 0.379. The van der Waals surface area contributed by atoms with E-state index in [0.29, 0.717) is 21.7 Å². The number of pyridine rings is 1. The summed E-state index contributed by atoms with van der Waals surface area (Å²) < 4.78 is 5.22. The number of benzene rings is 1. The lowest BCUT2D eigenvalue weighted by atomic mass is 9.73. The lowest BCUT2D eigenvalue weighted by Gasteiger charge is -2.42. The third kappa shape index (κ3) is 5.29. The second kappa shape index (κ2) is 11.2. The fourth-order valence-corrected chi connectivity index (χ4v) is 6.59. The number of aryl methyl sites for hydroxylation is 1. The Bertz CT molecular complexity index is 1530. The first-order valence-electron chi connectivity index (χ1n) is 13.0. The van der Waals surface area contributed by atoms with Crippen LogP contribution < -0.4 is 21.1 Å². The molecule has 0 unspecified atom stereocenters. The maximum atomic E-state index is 11.9. The molecule has 2 aromatic heterocycles. The van der Waals surface area contributed by atoms with Gasteiger partial charge in [0.1, 0.15) is 10.0 Å². The number of methoxy groups -OCH3 is 1. The Morgan fingerprint density at radius 3 is 2.70 bits per heavy atom. The van der Waals surface area contributed by atoms with Gasteiger partial charge in [-0.25, -0.2) is 15.0 Å². The van der Waals surface area contributed by atoms with Crippen LogP contribution in [0.25, 0.3) is 0 Å². The molecule has 0 radical (unpaired) electrons. The predicted octanol–water partition coefficient (Wildman–Crippen LogP) is 3.86. The molecule has 9 nitrogen and oxygen atoms in total. The standard InChI is InChI=1S/C29H32ClN7O2S/c1-17-26(35-25(32)28(34-17)40-21-9-12-33-27(39-4)23(21)30)37-13-10-29(11-14-37)16-19-7-5-18(15-20(19)24(29)31)6-8-22(38)36(2)3/h5,7,9,12,15,24H,10-11,13-14,16,31H2,1-4H3,(H2,32,35)/t24-/m1/s1. The van der Waals surface area contributed by atoms with Gasteiger partial charge in [-0.3, -0.25) is 4.79 Å². The fourth-order valence-electron chi connectivity index (χ4n) is 5.44. The number of aromatic nitrogens is 3. The first kappa shape index (κ1) is 28.0. The van der Waals surface area contributed by atoms with Gasteiger partial charge in [0, 0.05) is 55.8 Å². The van der Waals surface area contributed by atoms with Crippen molar-refractivity contribution in [3.8, 4) is 17.7 Å². The number of anilines is 2. The highest BCUT2D eigenvalue weighted by Gasteiger charge is 2.46. The van der Waals surface area contributed by atoms with Crippen molar-refractivity contribution in [2.24, 2.45) is 11.1 Å². The van der Waals surface area contributed by atoms with Gasteiger partial charge in [0.05, 0.1) is 12.8 Å². The van der Waals surface area contributed by atoms with Gasteiger partial charge in [0.2, 0.25) is 5.88 Å². The summed E-state index contributed by atoms with van der Waals surface area (Å²) in [6.07, 6.45) is 4.41. The maximum absolute atomic E-state index is 11.9. The molecule has 1 atom stereocenters. The summed E-state index contributed by atoms with van der Waals surface area (Å²) in [6, 6.07) is 7.85. The predicted molar refractivity (Wildman–Crippen MR) is 158 cm³/mol. The van der Waals surface area contributed by atoms with E-state index in [1.165, 1.54) is 29.3 Å². The summed E-state index contributed by atoms with van der Waals surface area (Å²) in [6.45, 7) is 3.56. The molecule has 208 valence electrons. The number of nitrogen functional groups attached to an aromatic ring is 1. The topological polar surface area (TPSA) is 123 Å². The monoisotopic (exact) mass is 577 g/mol. The Morgan fingerprint density at radius 1 is 1.25 bits per heavy atom. The first-order chi connectivity index (χ1) is 19.1. The van der Waals surface area contributed by atoms with E-state index in [1.54, 1.807) is 26.4 Å². The van der Waals surface area contributed by atoms with Crippen molar-refractivity contribution in [1.29, 1.82) is 0 Å². The summed E-state index contributed by atoms with van der Waals surface area (Å²) in [5.74, 6) is 6.94. The van der Waals surface area contributed by atoms with E-state index >= 15 is 0 Å². The molecule has 1 aliphatic carbocycles. The van der Waals surface area contributed by atoms with E-state index in [1.807, 2.05) is 13.0 Å². The largest absolute Gasteiger partial charge is 0.480 e. The SMILES string of the molecule is COc1nccc(Sc2nc(C)c(N3CCC4(CC3)Cc3ccc(C#CC(=O)N(C)C)cc3[C@H]4N)nc2N)c1Cl. The lowest BCUT2D eigenvalue weighted by molar-refractivity contribution is -0.122. The molecule has 1 spiro atoms. The highest BCUT2D eigenvalue weighted by Crippen LogP contribution is 2.51. The lowest BCUT2D eigenvalue weighted by Crippen LogP contribution is -2.45. The molecule has 1 aromatic carbocycles. The summed E-state index contributed by atoms with van der Waals surface area (Å²) >= 11 is 7.76. The highest BCUT2D eigenvalue weighted by atomic mass is 35.5. The van der Waals surface area contributed by atoms with Crippen LogP contribution in [-0.4, -0.2) is 60.1 Å². The minimum Gasteiger partial charge on any atom is -0.480 e. The molecule has 4 N–H and O–H groups in total. The van der Waals surface area contributed by atoms with E-state index < -0.39 is 0 Å². The summed E-state index contributed by atoms with van der Waals surface area (Å²) in [5.41, 5.74) is 17.2. The van der Waals surface area contributed by atoms with Gasteiger partial charge in [0.25, 0.3) is 5.91 Å². The second-order valence-corrected chi connectivity index (χ2v) is 11.8. The molecule has 0 bridgehead atoms. The van der Waals surface area contributed by atoms with Gasteiger partial charge in [-0.1, -0.05) is 35.3 Å². The van der Waals surface area contributed by atoms with Crippen molar-refractivity contribution in [3.05, 3.63) is 57.9 Å². The molecule has 1 aliphatic heterocycles. The van der Waals surface area contributed by atoms with Gasteiger partial charge in [0.15, 0.2) is 11.6 Å². The average Bonchev–Trinajstić information content (AvgIpc) is 3.20. The molecule has 1 amide bonds. The zero-order chi connectivity index (χ0) is 28.6. The van der Waals surface area contributed by atoms with Crippen LogP contribution in [0.2, 0.25) is 5.02 Å². The molecule has 5 rings (SSSR count). The van der Waals surface area contributed by atoms with Crippen LogP contribution in [-0.2, 0) is 11.2 Å². The molecule has 0 saturated carbocycles. The second-order valence-electron chi connectivity index (χ2n) is 10.4. The number of fused-ring (bicyclic) bond motifs is 1. The number of amides is 1. The van der Waals surface area contributed by atoms with E-state index in [4.69, 9.17) is 37.8 Å². The van der Waals surface area contributed by atoms with Crippen molar-refractivity contribution in [2.45, 2.75) is 42.1 Å². The Kier molecular flexibility index (Phi) is 7.82. The molecule has 1 saturated heterocycles. The Morgan fingerprint density at radius 2 is 2.00 bits per heavy atom. The Hall–Kier alpha value is -3.52. The average molecular weight is 578 g/mol. The highest BCUT2D eigenvalue weighted by molar-refractivity contribution is 7.99. The van der Waals surface area contributed by atoms with Crippen LogP contribution in [0.5, 0.6) is 5.88 Å². The molecule has 40 heavy (non-hydrogen) atoms. The minimum absolute atomic E-state index is 0.0236. The smallest absolute Gasteiger partial charge is 0.298 e. The molecule has 3 aromatic rings. The van der Waals surface area contributed by atoms with Crippen molar-refractivity contribution < 1.29 is 9.53 Å². The first-order valence-corrected chi connectivity index (χ1v) is 14.2. The number of ether oxygens (including phenoxy) is 1. The minimum atomic E-state index is -0.222. The number of hydrogen-bond acceptors (Lipinski definition) is 9. The number of halogens is 1. The van der Waals surface area contributed by atoms with Gasteiger partial charge in [-0.2, -0.15) is 0 Å². The molecule has 2 aliphatic rings. The number of nitrogens with zero attached hydrogens (tertiary/aromatic N) is 5. The summed E-state index contributed by atoms with van der Waals surface area (Å²) in [5, 5.41) is 0.999. The normalized spacial score (nSPS) is 17.2. The Labute approximate surface area is 243 Å². The number of carbonyl (C=O) groups excluding carboxylic acids is 1. The van der Waals surface area contributed by atoms with E-state index in [-0.39, 0.29) is 17.4 Å². The third-order valence-corrected chi connectivity index (χ3v) is 9.25. The number of rotatable bonds is 4. The number of carbonyl (C=O) groups is 1. The summed E-state index contributed by atoms with van der Waals surface area (Å²) in [4.78, 5) is 30.0. The van der Waals surface area contributed by atoms with E-state index in [2.05, 4.69) is 33.9 Å². The van der Waals surface area contributed by atoms with Crippen molar-refractivity contribution in [1.82, 2.24) is 19.9 Å². The maximum Gasteiger partial charge on any atom is 0.298 e. The Balaban J connectivity index is 1.29. The van der Waals surface area contributed by atoms with Crippen LogP contribution in [0.3, 0.4) is 0 Å². The third-order valence-electron chi connectivity index (χ3n) is 7.72. The number of nitrogens with two attached hydrogens (primary N) is 2. The van der Waals surface area contributed by atoms with Gasteiger partial charge in [-0.05, 0) is 60.9 Å². The van der Waals surface area contributed by atoms with Crippen molar-refractivity contribution in [3.63, 3.8) is 0 Å².